The van der Waals surface area contributed by atoms with Crippen LogP contribution in [0.3, 0.4) is 0 Å². The summed E-state index contributed by atoms with van der Waals surface area (Å²) in [5.74, 6) is 5.67. The van der Waals surface area contributed by atoms with Crippen LogP contribution in [0.2, 0.25) is 0 Å². The number of ether oxygens (including phenoxy) is 2. The van der Waals surface area contributed by atoms with E-state index >= 15 is 0 Å². The predicted octanol–water partition coefficient (Wildman–Crippen LogP) is 14.7. The smallest absolute Gasteiger partial charge is 0.0945 e. The molecule has 0 spiro atoms. The minimum atomic E-state index is 0.597. The summed E-state index contributed by atoms with van der Waals surface area (Å²) in [5, 5.41) is 0. The number of piperidine rings is 1. The van der Waals surface area contributed by atoms with Crippen LogP contribution in [-0.2, 0) is 16.0 Å². The summed E-state index contributed by atoms with van der Waals surface area (Å²) >= 11 is 0. The maximum atomic E-state index is 5.30. The summed E-state index contributed by atoms with van der Waals surface area (Å²) < 4.78 is 12.6. The van der Waals surface area contributed by atoms with Crippen molar-refractivity contribution >= 4 is 0 Å². The Morgan fingerprint density at radius 2 is 1.12 bits per heavy atom. The van der Waals surface area contributed by atoms with Gasteiger partial charge < -0.3 is 18.9 Å². The van der Waals surface area contributed by atoms with Crippen LogP contribution in [0.15, 0.2) is 18.7 Å². The summed E-state index contributed by atoms with van der Waals surface area (Å²) in [6.45, 7) is 27.4. The zero-order chi connectivity index (χ0) is 43.1. The highest BCUT2D eigenvalue weighted by Gasteiger charge is 2.49. The third-order valence-corrected chi connectivity index (χ3v) is 15.2. The molecule has 1 aromatic heterocycles. The van der Waals surface area contributed by atoms with Crippen LogP contribution >= 0.6 is 0 Å². The molecule has 3 saturated heterocycles. The van der Waals surface area contributed by atoms with Gasteiger partial charge in [0.25, 0.3) is 0 Å². The molecule has 1 unspecified atom stereocenters. The maximum absolute atomic E-state index is 5.30. The molecule has 9 aliphatic rings. The summed E-state index contributed by atoms with van der Waals surface area (Å²) in [6.07, 6.45) is 45.2. The quantitative estimate of drug-likeness (QED) is 0.210. The molecule has 6 heteroatoms. The average molecular weight is 841 g/mol. The van der Waals surface area contributed by atoms with Crippen molar-refractivity contribution in [3.8, 4) is 0 Å². The van der Waals surface area contributed by atoms with Crippen molar-refractivity contribution in [3.05, 3.63) is 18.7 Å². The average Bonchev–Trinajstić information content (AvgIpc) is 3.71. The van der Waals surface area contributed by atoms with Gasteiger partial charge in [-0.05, 0) is 151 Å². The minimum absolute atomic E-state index is 0.597. The molecule has 352 valence electrons. The van der Waals surface area contributed by atoms with Crippen molar-refractivity contribution in [3.63, 3.8) is 0 Å². The van der Waals surface area contributed by atoms with Crippen molar-refractivity contribution < 1.29 is 9.47 Å². The Balaban J connectivity index is 0.000000189. The second-order valence-corrected chi connectivity index (χ2v) is 20.4. The van der Waals surface area contributed by atoms with E-state index in [1.54, 1.807) is 38.5 Å². The van der Waals surface area contributed by atoms with Gasteiger partial charge in [0.15, 0.2) is 0 Å². The third kappa shape index (κ3) is 23.7. The van der Waals surface area contributed by atoms with E-state index in [9.17, 15) is 0 Å². The Morgan fingerprint density at radius 3 is 1.53 bits per heavy atom. The van der Waals surface area contributed by atoms with E-state index in [0.29, 0.717) is 6.10 Å². The Morgan fingerprint density at radius 1 is 0.550 bits per heavy atom. The molecule has 10 rings (SSSR count). The number of unbranched alkanes of at least 4 members (excludes halogenated alkanes) is 2. The van der Waals surface area contributed by atoms with Crippen LogP contribution < -0.4 is 0 Å². The lowest BCUT2D eigenvalue weighted by Crippen LogP contribution is -2.45. The lowest BCUT2D eigenvalue weighted by Gasteiger charge is -2.56. The molecule has 0 radical (unpaired) electrons. The van der Waals surface area contributed by atoms with Crippen molar-refractivity contribution in [2.75, 3.05) is 59.1 Å². The van der Waals surface area contributed by atoms with Gasteiger partial charge in [0, 0.05) is 38.6 Å². The predicted molar refractivity (Wildman–Crippen MR) is 260 cm³/mol. The van der Waals surface area contributed by atoms with Gasteiger partial charge in [-0.3, -0.25) is 4.90 Å². The van der Waals surface area contributed by atoms with Gasteiger partial charge >= 0.3 is 0 Å². The molecular formula is C54H104N4O2. The maximum Gasteiger partial charge on any atom is 0.0945 e. The van der Waals surface area contributed by atoms with E-state index in [1.807, 2.05) is 18.7 Å². The van der Waals surface area contributed by atoms with Crippen LogP contribution in [0.25, 0.3) is 0 Å². The Labute approximate surface area is 374 Å². The van der Waals surface area contributed by atoms with Crippen LogP contribution in [0.4, 0.5) is 0 Å². The highest BCUT2D eigenvalue weighted by Crippen LogP contribution is 2.61. The van der Waals surface area contributed by atoms with Crippen LogP contribution in [-0.4, -0.2) is 84.5 Å². The van der Waals surface area contributed by atoms with Gasteiger partial charge in [-0.2, -0.15) is 0 Å². The fraction of sp³-hybridized carbons (Fsp3) is 0.944. The summed E-state index contributed by atoms with van der Waals surface area (Å²) in [4.78, 5) is 8.99. The number of morpholine rings is 1. The zero-order valence-corrected chi connectivity index (χ0v) is 41.5. The molecule has 6 aliphatic carbocycles. The lowest BCUT2D eigenvalue weighted by atomic mass is 9.49. The Bertz CT molecular complexity index is 1030. The fourth-order valence-corrected chi connectivity index (χ4v) is 11.3. The van der Waals surface area contributed by atoms with E-state index in [0.717, 1.165) is 74.5 Å². The molecule has 4 bridgehead atoms. The first-order valence-electron chi connectivity index (χ1n) is 27.0. The van der Waals surface area contributed by atoms with E-state index in [-0.39, 0.29) is 0 Å². The first kappa shape index (κ1) is 53.4. The normalized spacial score (nSPS) is 28.4. The van der Waals surface area contributed by atoms with Crippen LogP contribution in [0.1, 0.15) is 222 Å². The largest absolute Gasteiger partial charge is 0.379 e. The monoisotopic (exact) mass is 841 g/mol. The first-order valence-corrected chi connectivity index (χ1v) is 27.0. The highest BCUT2D eigenvalue weighted by molar-refractivity contribution is 5.00. The van der Waals surface area contributed by atoms with Gasteiger partial charge in [0.1, 0.15) is 0 Å². The number of hydrogen-bond donors (Lipinski definition) is 0. The number of aromatic nitrogens is 2. The zero-order valence-electron chi connectivity index (χ0n) is 41.5. The van der Waals surface area contributed by atoms with Crippen LogP contribution in [0, 0.1) is 35.0 Å². The van der Waals surface area contributed by atoms with Gasteiger partial charge in [0.2, 0.25) is 0 Å². The number of hydrogen-bond acceptors (Lipinski definition) is 5. The Hall–Kier alpha value is -0.950. The number of imidazole rings is 1. The van der Waals surface area contributed by atoms with E-state index in [1.165, 1.54) is 161 Å². The summed E-state index contributed by atoms with van der Waals surface area (Å²) in [7, 11) is 0. The molecule has 4 heterocycles. The molecule has 6 saturated carbocycles. The molecular weight excluding hydrogens is 737 g/mol. The number of nitrogens with zero attached hydrogens (tertiary/aromatic N) is 4. The SMILES string of the molecule is CCC12CC3CC(CC(C3)C1)C2.CCC1CC1.CCC1CCCCC1.CCC1CCCO1.CCCCN1CCOCC1.CCCCn1ccnc1.CCCN1CCCCC1. The van der Waals surface area contributed by atoms with E-state index in [4.69, 9.17) is 9.47 Å². The van der Waals surface area contributed by atoms with Gasteiger partial charge in [-0.25, -0.2) is 4.98 Å². The number of aryl methyl sites for hydroxylation is 1. The molecule has 0 aromatic carbocycles. The number of likely N-dealkylation sites (tertiary alicyclic amines) is 1. The standard InChI is InChI=1S/C12H20.C8H17NO.C8H17N.C8H16.C7H12N2.C6H12O.C5H10/c1-2-12-6-9-3-10(7-12)5-11(4-9)8-12;1-2-3-4-9-5-7-10-8-6-9;1-2-6-9-7-4-3-5-8-9;1-2-8-6-4-3-5-7-8;1-2-3-5-9-6-4-8-7-9;1-2-6-4-3-5-7-6;1-2-5-3-4-5/h9-11H,2-8H2,1H3;2-8H2,1H3;2-8H2,1H3;8H,2-7H2,1H3;4,6-7H,2-3,5H2,1H3;6H,2-5H2,1H3;5H,2-4H2,1H3. The second kappa shape index (κ2) is 33.5. The van der Waals surface area contributed by atoms with E-state index in [2.05, 4.69) is 67.8 Å². The summed E-state index contributed by atoms with van der Waals surface area (Å²) in [6, 6.07) is 0. The summed E-state index contributed by atoms with van der Waals surface area (Å²) in [5.41, 5.74) is 0.842. The molecule has 9 fully saturated rings. The highest BCUT2D eigenvalue weighted by atomic mass is 16.5. The number of rotatable bonds is 12. The van der Waals surface area contributed by atoms with Crippen molar-refractivity contribution in [2.24, 2.45) is 35.0 Å². The molecule has 6 nitrogen and oxygen atoms in total. The first-order chi connectivity index (χ1) is 29.4. The molecule has 0 amide bonds. The molecule has 1 atom stereocenters. The van der Waals surface area contributed by atoms with Crippen molar-refractivity contribution in [2.45, 2.75) is 234 Å². The second-order valence-electron chi connectivity index (χ2n) is 20.4. The molecule has 60 heavy (non-hydrogen) atoms. The fourth-order valence-electron chi connectivity index (χ4n) is 11.3. The van der Waals surface area contributed by atoms with Crippen molar-refractivity contribution in [1.82, 2.24) is 19.4 Å². The minimum Gasteiger partial charge on any atom is -0.379 e. The van der Waals surface area contributed by atoms with Gasteiger partial charge in [0.05, 0.1) is 25.6 Å². The van der Waals surface area contributed by atoms with E-state index < -0.39 is 0 Å². The molecule has 0 N–H and O–H groups in total. The topological polar surface area (TPSA) is 42.8 Å². The lowest BCUT2D eigenvalue weighted by molar-refractivity contribution is -0.0545. The third-order valence-electron chi connectivity index (χ3n) is 15.2. The molecule has 3 aliphatic heterocycles. The van der Waals surface area contributed by atoms with Gasteiger partial charge in [-0.1, -0.05) is 132 Å². The van der Waals surface area contributed by atoms with Gasteiger partial charge in [-0.15, -0.1) is 0 Å². The Kier molecular flexibility index (Phi) is 29.8. The molecule has 1 aromatic rings. The van der Waals surface area contributed by atoms with Crippen molar-refractivity contribution in [1.29, 1.82) is 0 Å². The van der Waals surface area contributed by atoms with Crippen LogP contribution in [0.5, 0.6) is 0 Å².